The van der Waals surface area contributed by atoms with Crippen molar-refractivity contribution < 1.29 is 14.6 Å². The van der Waals surface area contributed by atoms with E-state index in [1.807, 2.05) is 35.9 Å². The zero-order valence-corrected chi connectivity index (χ0v) is 19.5. The summed E-state index contributed by atoms with van der Waals surface area (Å²) in [5, 5.41) is 19.1. The molecule has 1 aromatic heterocycles. The Labute approximate surface area is 194 Å². The van der Waals surface area contributed by atoms with Gasteiger partial charge in [0.25, 0.3) is 0 Å². The first-order chi connectivity index (χ1) is 15.4. The van der Waals surface area contributed by atoms with Crippen molar-refractivity contribution in [3.05, 3.63) is 41.0 Å². The van der Waals surface area contributed by atoms with E-state index >= 15 is 0 Å². The molecule has 8 heteroatoms. The van der Waals surface area contributed by atoms with E-state index in [-0.39, 0.29) is 12.5 Å². The summed E-state index contributed by atoms with van der Waals surface area (Å²) in [4.78, 5) is 14.8. The van der Waals surface area contributed by atoms with Crippen LogP contribution in [0.5, 0.6) is 5.75 Å². The van der Waals surface area contributed by atoms with Crippen LogP contribution in [0.1, 0.15) is 56.6 Å². The second-order valence-corrected chi connectivity index (χ2v) is 9.63. The highest BCUT2D eigenvalue weighted by atomic mass is 35.5. The van der Waals surface area contributed by atoms with Crippen molar-refractivity contribution in [2.45, 2.75) is 63.5 Å². The summed E-state index contributed by atoms with van der Waals surface area (Å²) < 4.78 is 7.83. The van der Waals surface area contributed by atoms with Gasteiger partial charge in [-0.3, -0.25) is 9.69 Å². The number of amides is 1. The van der Waals surface area contributed by atoms with Crippen LogP contribution in [0, 0.1) is 6.92 Å². The van der Waals surface area contributed by atoms with Crippen molar-refractivity contribution in [1.82, 2.24) is 14.7 Å². The predicted octanol–water partition coefficient (Wildman–Crippen LogP) is 4.19. The number of benzene rings is 1. The molecule has 1 saturated heterocycles. The summed E-state index contributed by atoms with van der Waals surface area (Å²) in [6, 6.07) is 7.87. The fourth-order valence-electron chi connectivity index (χ4n) is 4.71. The Morgan fingerprint density at radius 3 is 2.88 bits per heavy atom. The molecule has 4 rings (SSSR count). The second-order valence-electron chi connectivity index (χ2n) is 9.22. The van der Waals surface area contributed by atoms with Gasteiger partial charge in [-0.2, -0.15) is 5.10 Å². The van der Waals surface area contributed by atoms with E-state index < -0.39 is 5.60 Å². The Hall–Kier alpha value is -2.09. The molecule has 2 aliphatic rings. The fourth-order valence-corrected chi connectivity index (χ4v) is 4.88. The molecule has 2 fully saturated rings. The summed E-state index contributed by atoms with van der Waals surface area (Å²) >= 11 is 6.22. The van der Waals surface area contributed by atoms with Crippen LogP contribution in [0.15, 0.2) is 30.5 Å². The number of aliphatic hydroxyl groups is 1. The number of aryl methyl sites for hydroxylation is 1. The van der Waals surface area contributed by atoms with Gasteiger partial charge in [-0.15, -0.1) is 0 Å². The third kappa shape index (κ3) is 5.82. The van der Waals surface area contributed by atoms with Crippen LogP contribution < -0.4 is 10.1 Å². The van der Waals surface area contributed by atoms with Gasteiger partial charge in [0.05, 0.1) is 29.4 Å². The van der Waals surface area contributed by atoms with Gasteiger partial charge in [0, 0.05) is 12.6 Å². The average molecular weight is 461 g/mol. The molecule has 2 N–H and O–H groups in total. The minimum Gasteiger partial charge on any atom is -0.489 e. The number of carbonyl (C=O) groups excluding carboxylic acids is 1. The lowest BCUT2D eigenvalue weighted by Crippen LogP contribution is -2.38. The highest BCUT2D eigenvalue weighted by Gasteiger charge is 2.32. The minimum atomic E-state index is -0.931. The Morgan fingerprint density at radius 1 is 1.25 bits per heavy atom. The molecule has 2 aromatic rings. The SMILES string of the molecule is Cc1ccc(Cl)c(OCC2(O)CCCN(CC(=O)Nc3ccnn3C3CCCC3)CC2)c1. The number of rotatable bonds is 7. The highest BCUT2D eigenvalue weighted by molar-refractivity contribution is 6.32. The summed E-state index contributed by atoms with van der Waals surface area (Å²) in [7, 11) is 0. The smallest absolute Gasteiger partial charge is 0.239 e. The Morgan fingerprint density at radius 2 is 2.06 bits per heavy atom. The first kappa shape index (κ1) is 23.1. The van der Waals surface area contributed by atoms with Crippen LogP contribution in [-0.2, 0) is 4.79 Å². The van der Waals surface area contributed by atoms with Crippen LogP contribution in [0.4, 0.5) is 5.82 Å². The van der Waals surface area contributed by atoms with Gasteiger partial charge in [-0.1, -0.05) is 30.5 Å². The van der Waals surface area contributed by atoms with Crippen molar-refractivity contribution >= 4 is 23.3 Å². The first-order valence-electron chi connectivity index (χ1n) is 11.6. The van der Waals surface area contributed by atoms with Gasteiger partial charge in [-0.05, 0) is 63.3 Å². The van der Waals surface area contributed by atoms with Gasteiger partial charge < -0.3 is 15.2 Å². The van der Waals surface area contributed by atoms with Crippen LogP contribution in [0.3, 0.4) is 0 Å². The molecule has 1 saturated carbocycles. The lowest BCUT2D eigenvalue weighted by Gasteiger charge is -2.27. The van der Waals surface area contributed by atoms with E-state index in [1.54, 1.807) is 6.20 Å². The number of nitrogens with one attached hydrogen (secondary N) is 1. The number of anilines is 1. The number of halogens is 1. The Balaban J connectivity index is 1.28. The number of aromatic nitrogens is 2. The average Bonchev–Trinajstić information content (AvgIpc) is 3.41. The fraction of sp³-hybridized carbons (Fsp3) is 0.583. The molecule has 2 heterocycles. The molecule has 1 atom stereocenters. The molecule has 32 heavy (non-hydrogen) atoms. The van der Waals surface area contributed by atoms with Crippen molar-refractivity contribution in [2.24, 2.45) is 0 Å². The quantitative estimate of drug-likeness (QED) is 0.647. The zero-order chi connectivity index (χ0) is 22.6. The van der Waals surface area contributed by atoms with Crippen LogP contribution in [-0.4, -0.2) is 57.5 Å². The number of hydrogen-bond acceptors (Lipinski definition) is 5. The second kappa shape index (κ2) is 10.2. The van der Waals surface area contributed by atoms with Gasteiger partial charge >= 0.3 is 0 Å². The van der Waals surface area contributed by atoms with E-state index in [4.69, 9.17) is 16.3 Å². The third-order valence-corrected chi connectivity index (χ3v) is 6.88. The van der Waals surface area contributed by atoms with Crippen molar-refractivity contribution in [3.63, 3.8) is 0 Å². The van der Waals surface area contributed by atoms with E-state index in [2.05, 4.69) is 15.3 Å². The normalized spacial score (nSPS) is 22.6. The molecule has 0 radical (unpaired) electrons. The van der Waals surface area contributed by atoms with Crippen LogP contribution in [0.25, 0.3) is 0 Å². The summed E-state index contributed by atoms with van der Waals surface area (Å²) in [6.45, 7) is 3.88. The molecule has 0 bridgehead atoms. The molecule has 1 unspecified atom stereocenters. The molecule has 1 amide bonds. The molecular weight excluding hydrogens is 428 g/mol. The van der Waals surface area contributed by atoms with Crippen molar-refractivity contribution in [1.29, 1.82) is 0 Å². The number of nitrogens with zero attached hydrogens (tertiary/aromatic N) is 3. The molecule has 0 spiro atoms. The number of likely N-dealkylation sites (tertiary alicyclic amines) is 1. The van der Waals surface area contributed by atoms with Crippen molar-refractivity contribution in [3.8, 4) is 5.75 Å². The largest absolute Gasteiger partial charge is 0.489 e. The molecule has 1 aliphatic heterocycles. The third-order valence-electron chi connectivity index (χ3n) is 6.57. The number of hydrogen-bond donors (Lipinski definition) is 2. The van der Waals surface area contributed by atoms with E-state index in [0.717, 1.165) is 37.2 Å². The lowest BCUT2D eigenvalue weighted by molar-refractivity contribution is -0.117. The zero-order valence-electron chi connectivity index (χ0n) is 18.7. The van der Waals surface area contributed by atoms with Crippen molar-refractivity contribution in [2.75, 3.05) is 31.6 Å². The molecular formula is C24H33ClN4O3. The maximum atomic E-state index is 12.7. The highest BCUT2D eigenvalue weighted by Crippen LogP contribution is 2.31. The van der Waals surface area contributed by atoms with E-state index in [1.165, 1.54) is 12.8 Å². The molecule has 1 aromatic carbocycles. The molecule has 1 aliphatic carbocycles. The Kier molecular flexibility index (Phi) is 7.38. The standard InChI is InChI=1S/C24H33ClN4O3/c1-18-7-8-20(25)21(15-18)32-17-24(31)10-4-13-28(14-11-24)16-23(30)27-22-9-12-26-29(22)19-5-2-3-6-19/h7-9,12,15,19,31H,2-6,10-11,13-14,16-17H2,1H3,(H,27,30). The first-order valence-corrected chi connectivity index (χ1v) is 12.0. The van der Waals surface area contributed by atoms with Crippen LogP contribution in [0.2, 0.25) is 5.02 Å². The minimum absolute atomic E-state index is 0.0435. The van der Waals surface area contributed by atoms with E-state index in [9.17, 15) is 9.90 Å². The predicted molar refractivity (Wildman–Crippen MR) is 125 cm³/mol. The monoisotopic (exact) mass is 460 g/mol. The lowest BCUT2D eigenvalue weighted by atomic mass is 9.96. The van der Waals surface area contributed by atoms with Gasteiger partial charge in [0.15, 0.2) is 0 Å². The maximum Gasteiger partial charge on any atom is 0.239 e. The number of ether oxygens (including phenoxy) is 1. The maximum absolute atomic E-state index is 12.7. The molecule has 7 nitrogen and oxygen atoms in total. The van der Waals surface area contributed by atoms with Gasteiger partial charge in [-0.25, -0.2) is 4.68 Å². The summed E-state index contributed by atoms with van der Waals surface area (Å²) in [6.07, 6.45) is 8.39. The molecule has 174 valence electrons. The van der Waals surface area contributed by atoms with Crippen LogP contribution >= 0.6 is 11.6 Å². The Bertz CT molecular complexity index is 928. The van der Waals surface area contributed by atoms with Gasteiger partial charge in [0.1, 0.15) is 18.2 Å². The number of carbonyl (C=O) groups is 1. The summed E-state index contributed by atoms with van der Waals surface area (Å²) in [5.41, 5.74) is 0.128. The van der Waals surface area contributed by atoms with Gasteiger partial charge in [0.2, 0.25) is 5.91 Å². The summed E-state index contributed by atoms with van der Waals surface area (Å²) in [5.74, 6) is 1.33. The topological polar surface area (TPSA) is 79.6 Å². The van der Waals surface area contributed by atoms with E-state index in [0.29, 0.717) is 42.7 Å².